The van der Waals surface area contributed by atoms with Gasteiger partial charge in [0.25, 0.3) is 5.91 Å². The Hall–Kier alpha value is -2.83. The van der Waals surface area contributed by atoms with Crippen LogP contribution in [0.25, 0.3) is 10.8 Å². The number of hydrogen-bond donors (Lipinski definition) is 2. The molecule has 7 nitrogen and oxygen atoms in total. The maximum absolute atomic E-state index is 11.5. The van der Waals surface area contributed by atoms with Crippen molar-refractivity contribution in [1.29, 1.82) is 0 Å². The fraction of sp³-hybridized carbons (Fsp3) is 0.353. The second-order valence-corrected chi connectivity index (χ2v) is 5.92. The van der Waals surface area contributed by atoms with E-state index in [9.17, 15) is 9.59 Å². The van der Waals surface area contributed by atoms with Crippen LogP contribution in [0.1, 0.15) is 23.7 Å². The summed E-state index contributed by atoms with van der Waals surface area (Å²) < 4.78 is 11.1. The molecule has 3 rings (SSSR count). The minimum absolute atomic E-state index is 0.0368. The summed E-state index contributed by atoms with van der Waals surface area (Å²) >= 11 is 0. The Labute approximate surface area is 139 Å². The monoisotopic (exact) mass is 329 g/mol. The molecule has 1 aromatic carbocycles. The van der Waals surface area contributed by atoms with Crippen LogP contribution in [0.2, 0.25) is 0 Å². The van der Waals surface area contributed by atoms with E-state index in [1.54, 1.807) is 24.4 Å². The van der Waals surface area contributed by atoms with E-state index in [0.717, 1.165) is 10.8 Å². The Kier molecular flexibility index (Phi) is 4.24. The number of carbonyl (C=O) groups is 2. The zero-order valence-corrected chi connectivity index (χ0v) is 13.5. The molecule has 0 aliphatic carbocycles. The van der Waals surface area contributed by atoms with Crippen molar-refractivity contribution in [1.82, 2.24) is 10.3 Å². The topological polar surface area (TPSA) is 104 Å². The molecule has 2 aromatic rings. The first-order valence-electron chi connectivity index (χ1n) is 7.68. The van der Waals surface area contributed by atoms with Gasteiger partial charge in [0.1, 0.15) is 12.4 Å². The fourth-order valence-electron chi connectivity index (χ4n) is 2.87. The van der Waals surface area contributed by atoms with E-state index in [4.69, 9.17) is 15.2 Å². The summed E-state index contributed by atoms with van der Waals surface area (Å²) in [5.74, 6) is 0.485. The molecule has 2 heterocycles. The standard InChI is InChI=1S/C17H19N3O4/c1-9-5-15(21)20-13(9)8-24-17-11-7-14(23-2)12(16(18)22)6-10(11)3-4-19-17/h3-4,6-7,9,13H,5,8H2,1-2H3,(H2,18,22)(H,20,21)/t9-,13-/m1/s1. The SMILES string of the molecule is COc1cc2c(OC[C@H]3NC(=O)C[C@H]3C)nccc2cc1C(N)=O. The quantitative estimate of drug-likeness (QED) is 0.859. The molecule has 0 saturated carbocycles. The van der Waals surface area contributed by atoms with E-state index in [2.05, 4.69) is 10.3 Å². The van der Waals surface area contributed by atoms with Gasteiger partial charge in [0.15, 0.2) is 0 Å². The van der Waals surface area contributed by atoms with Crippen molar-refractivity contribution in [3.63, 3.8) is 0 Å². The van der Waals surface area contributed by atoms with Gasteiger partial charge in [-0.25, -0.2) is 4.98 Å². The number of nitrogens with one attached hydrogen (secondary N) is 1. The summed E-state index contributed by atoms with van der Waals surface area (Å²) in [4.78, 5) is 27.2. The number of fused-ring (bicyclic) bond motifs is 1. The van der Waals surface area contributed by atoms with Crippen LogP contribution in [-0.4, -0.2) is 36.6 Å². The minimum atomic E-state index is -0.560. The number of pyridine rings is 1. The summed E-state index contributed by atoms with van der Waals surface area (Å²) in [6.45, 7) is 2.34. The molecule has 126 valence electrons. The first-order chi connectivity index (χ1) is 11.5. The van der Waals surface area contributed by atoms with Crippen LogP contribution < -0.4 is 20.5 Å². The molecule has 2 amide bonds. The van der Waals surface area contributed by atoms with Gasteiger partial charge >= 0.3 is 0 Å². The lowest BCUT2D eigenvalue weighted by atomic mass is 10.0. The number of methoxy groups -OCH3 is 1. The number of nitrogens with zero attached hydrogens (tertiary/aromatic N) is 1. The predicted octanol–water partition coefficient (Wildman–Crippen LogP) is 1.25. The third-order valence-corrected chi connectivity index (χ3v) is 4.25. The highest BCUT2D eigenvalue weighted by Gasteiger charge is 2.29. The van der Waals surface area contributed by atoms with Crippen molar-refractivity contribution in [2.24, 2.45) is 11.7 Å². The van der Waals surface area contributed by atoms with Gasteiger partial charge in [0.05, 0.1) is 18.7 Å². The van der Waals surface area contributed by atoms with Crippen molar-refractivity contribution >= 4 is 22.6 Å². The summed E-state index contributed by atoms with van der Waals surface area (Å²) in [5, 5.41) is 4.39. The van der Waals surface area contributed by atoms with Gasteiger partial charge in [-0.1, -0.05) is 6.92 Å². The molecule has 0 spiro atoms. The van der Waals surface area contributed by atoms with Gasteiger partial charge in [0.2, 0.25) is 11.8 Å². The van der Waals surface area contributed by atoms with Crippen LogP contribution in [0, 0.1) is 5.92 Å². The lowest BCUT2D eigenvalue weighted by Crippen LogP contribution is -2.34. The highest BCUT2D eigenvalue weighted by molar-refractivity contribution is 6.01. The number of amides is 2. The number of benzene rings is 1. The molecule has 24 heavy (non-hydrogen) atoms. The third-order valence-electron chi connectivity index (χ3n) is 4.25. The smallest absolute Gasteiger partial charge is 0.252 e. The van der Waals surface area contributed by atoms with Crippen molar-refractivity contribution in [3.8, 4) is 11.6 Å². The van der Waals surface area contributed by atoms with Crippen LogP contribution in [0.15, 0.2) is 24.4 Å². The number of primary amides is 1. The van der Waals surface area contributed by atoms with Crippen molar-refractivity contribution in [3.05, 3.63) is 30.0 Å². The number of hydrogen-bond acceptors (Lipinski definition) is 5. The van der Waals surface area contributed by atoms with E-state index in [1.165, 1.54) is 7.11 Å². The average molecular weight is 329 g/mol. The maximum atomic E-state index is 11.5. The van der Waals surface area contributed by atoms with Gasteiger partial charge < -0.3 is 20.5 Å². The molecule has 1 aliphatic rings. The number of aromatic nitrogens is 1. The Morgan fingerprint density at radius 1 is 1.46 bits per heavy atom. The molecule has 1 fully saturated rings. The first kappa shape index (κ1) is 16.0. The van der Waals surface area contributed by atoms with E-state index < -0.39 is 5.91 Å². The molecule has 1 aliphatic heterocycles. The van der Waals surface area contributed by atoms with E-state index in [0.29, 0.717) is 30.2 Å². The number of rotatable bonds is 5. The number of ether oxygens (including phenoxy) is 2. The average Bonchev–Trinajstić information content (AvgIpc) is 2.88. The molecule has 3 N–H and O–H groups in total. The Balaban J connectivity index is 1.91. The lowest BCUT2D eigenvalue weighted by molar-refractivity contribution is -0.119. The van der Waals surface area contributed by atoms with Crippen molar-refractivity contribution < 1.29 is 19.1 Å². The molecule has 0 bridgehead atoms. The Morgan fingerprint density at radius 3 is 2.88 bits per heavy atom. The normalized spacial score (nSPS) is 20.0. The van der Waals surface area contributed by atoms with Gasteiger partial charge in [-0.3, -0.25) is 9.59 Å². The molecule has 7 heteroatoms. The molecule has 0 unspecified atom stereocenters. The van der Waals surface area contributed by atoms with Crippen LogP contribution in [0.3, 0.4) is 0 Å². The van der Waals surface area contributed by atoms with Gasteiger partial charge in [-0.15, -0.1) is 0 Å². The number of nitrogens with two attached hydrogens (primary N) is 1. The van der Waals surface area contributed by atoms with Crippen LogP contribution in [-0.2, 0) is 4.79 Å². The zero-order valence-electron chi connectivity index (χ0n) is 13.5. The second-order valence-electron chi connectivity index (χ2n) is 5.92. The summed E-state index contributed by atoms with van der Waals surface area (Å²) in [6, 6.07) is 5.08. The van der Waals surface area contributed by atoms with Crippen LogP contribution >= 0.6 is 0 Å². The van der Waals surface area contributed by atoms with E-state index in [1.807, 2.05) is 6.92 Å². The van der Waals surface area contributed by atoms with Crippen molar-refractivity contribution in [2.45, 2.75) is 19.4 Å². The molecule has 1 aromatic heterocycles. The minimum Gasteiger partial charge on any atom is -0.496 e. The Bertz CT molecular complexity index is 806. The Morgan fingerprint density at radius 2 is 2.25 bits per heavy atom. The largest absolute Gasteiger partial charge is 0.496 e. The van der Waals surface area contributed by atoms with E-state index in [-0.39, 0.29) is 17.9 Å². The zero-order chi connectivity index (χ0) is 17.3. The summed E-state index contributed by atoms with van der Waals surface area (Å²) in [6.07, 6.45) is 2.11. The first-order valence-corrected chi connectivity index (χ1v) is 7.68. The van der Waals surface area contributed by atoms with Gasteiger partial charge in [0, 0.05) is 18.0 Å². The summed E-state index contributed by atoms with van der Waals surface area (Å²) in [5.41, 5.74) is 5.69. The lowest BCUT2D eigenvalue weighted by Gasteiger charge is -2.17. The van der Waals surface area contributed by atoms with Crippen LogP contribution in [0.5, 0.6) is 11.6 Å². The van der Waals surface area contributed by atoms with Crippen LogP contribution in [0.4, 0.5) is 0 Å². The molecular weight excluding hydrogens is 310 g/mol. The third kappa shape index (κ3) is 2.97. The van der Waals surface area contributed by atoms with Gasteiger partial charge in [-0.2, -0.15) is 0 Å². The maximum Gasteiger partial charge on any atom is 0.252 e. The summed E-state index contributed by atoms with van der Waals surface area (Å²) in [7, 11) is 1.47. The van der Waals surface area contributed by atoms with Gasteiger partial charge in [-0.05, 0) is 29.5 Å². The molecular formula is C17H19N3O4. The molecule has 1 saturated heterocycles. The predicted molar refractivity (Wildman–Crippen MR) is 88.0 cm³/mol. The van der Waals surface area contributed by atoms with Crippen molar-refractivity contribution in [2.75, 3.05) is 13.7 Å². The number of carbonyl (C=O) groups excluding carboxylic acids is 2. The highest BCUT2D eigenvalue weighted by Crippen LogP contribution is 2.31. The fourth-order valence-corrected chi connectivity index (χ4v) is 2.87. The molecule has 0 radical (unpaired) electrons. The second kappa shape index (κ2) is 6.35. The highest BCUT2D eigenvalue weighted by atomic mass is 16.5. The van der Waals surface area contributed by atoms with E-state index >= 15 is 0 Å². The molecule has 2 atom stereocenters.